The molecular formula is C13H21NO. The molecule has 0 aromatic heterocycles. The predicted molar refractivity (Wildman–Crippen MR) is 63.8 cm³/mol. The summed E-state index contributed by atoms with van der Waals surface area (Å²) in [7, 11) is 0. The Kier molecular flexibility index (Phi) is 4.30. The number of hydrogen-bond donors (Lipinski definition) is 1. The largest absolute Gasteiger partial charge is 0.382 e. The second kappa shape index (κ2) is 5.29. The van der Waals surface area contributed by atoms with Gasteiger partial charge < -0.3 is 5.11 Å². The molecule has 0 saturated carbocycles. The molecule has 0 unspecified atom stereocenters. The zero-order valence-corrected chi connectivity index (χ0v) is 9.90. The predicted octanol–water partition coefficient (Wildman–Crippen LogP) is 2.24. The Morgan fingerprint density at radius 2 is 1.73 bits per heavy atom. The monoisotopic (exact) mass is 207 g/mol. The molecule has 15 heavy (non-hydrogen) atoms. The Bertz CT molecular complexity index is 278. The van der Waals surface area contributed by atoms with Crippen LogP contribution in [0.2, 0.25) is 0 Å². The topological polar surface area (TPSA) is 23.5 Å². The van der Waals surface area contributed by atoms with E-state index in [2.05, 4.69) is 11.8 Å². The number of nitrogens with zero attached hydrogens (tertiary/aromatic N) is 1. The van der Waals surface area contributed by atoms with E-state index in [-0.39, 0.29) is 0 Å². The molecule has 1 aromatic carbocycles. The quantitative estimate of drug-likeness (QED) is 0.804. The van der Waals surface area contributed by atoms with Crippen molar-refractivity contribution in [3.05, 3.63) is 35.9 Å². The van der Waals surface area contributed by atoms with Crippen molar-refractivity contribution in [2.75, 3.05) is 19.6 Å². The summed E-state index contributed by atoms with van der Waals surface area (Å²) in [5.74, 6) is 0. The summed E-state index contributed by atoms with van der Waals surface area (Å²) in [4.78, 5) is 2.23. The zero-order chi connectivity index (χ0) is 11.3. The molecule has 1 heterocycles. The van der Waals surface area contributed by atoms with E-state index in [9.17, 15) is 5.11 Å². The molecule has 1 fully saturated rings. The number of likely N-dealkylation sites (tertiary alicyclic amines) is 1. The maximum Gasteiger partial charge on any atom is 0.115 e. The fraction of sp³-hybridized carbons (Fsp3) is 0.538. The smallest absolute Gasteiger partial charge is 0.115 e. The number of likely N-dealkylation sites (N-methyl/N-ethyl adjacent to an activating group) is 1. The van der Waals surface area contributed by atoms with Crippen molar-refractivity contribution >= 4 is 0 Å². The van der Waals surface area contributed by atoms with Crippen LogP contribution in [-0.4, -0.2) is 29.6 Å². The minimum Gasteiger partial charge on any atom is -0.382 e. The average molecular weight is 207 g/mol. The van der Waals surface area contributed by atoms with Crippen molar-refractivity contribution in [3.8, 4) is 0 Å². The van der Waals surface area contributed by atoms with Gasteiger partial charge in [-0.1, -0.05) is 51.1 Å². The lowest BCUT2D eigenvalue weighted by atomic mass is 9.86. The van der Waals surface area contributed by atoms with Crippen LogP contribution < -0.4 is 0 Å². The summed E-state index contributed by atoms with van der Waals surface area (Å²) in [5.41, 5.74) is 0.455. The van der Waals surface area contributed by atoms with E-state index in [1.54, 1.807) is 0 Å². The van der Waals surface area contributed by atoms with Crippen molar-refractivity contribution in [3.63, 3.8) is 0 Å². The van der Waals surface area contributed by atoms with Gasteiger partial charge in [-0.25, -0.2) is 0 Å². The second-order valence-corrected chi connectivity index (χ2v) is 3.70. The van der Waals surface area contributed by atoms with Gasteiger partial charge in [-0.15, -0.1) is 0 Å². The first-order chi connectivity index (χ1) is 7.24. The van der Waals surface area contributed by atoms with Gasteiger partial charge in [0.1, 0.15) is 5.60 Å². The minimum atomic E-state index is -0.586. The van der Waals surface area contributed by atoms with Gasteiger partial charge in [-0.05, 0) is 12.1 Å². The molecule has 0 spiro atoms. The van der Waals surface area contributed by atoms with Gasteiger partial charge in [0.2, 0.25) is 0 Å². The molecule has 0 atom stereocenters. The molecular weight excluding hydrogens is 186 g/mol. The summed E-state index contributed by atoms with van der Waals surface area (Å²) in [5, 5.41) is 10.1. The molecule has 1 N–H and O–H groups in total. The number of β-amino-alcohol motifs (C(OH)–C–C–N with tert-alkyl or cyclic N) is 1. The fourth-order valence-corrected chi connectivity index (χ4v) is 1.85. The van der Waals surface area contributed by atoms with E-state index in [4.69, 9.17) is 0 Å². The highest BCUT2D eigenvalue weighted by Crippen LogP contribution is 2.30. The van der Waals surface area contributed by atoms with E-state index >= 15 is 0 Å². The molecule has 0 aliphatic carbocycles. The third-order valence-electron chi connectivity index (χ3n) is 2.73. The summed E-state index contributed by atoms with van der Waals surface area (Å²) in [6, 6.07) is 9.91. The maximum absolute atomic E-state index is 10.1. The Hall–Kier alpha value is -0.860. The Morgan fingerprint density at radius 1 is 1.20 bits per heavy atom. The highest BCUT2D eigenvalue weighted by atomic mass is 16.3. The molecule has 1 aliphatic heterocycles. The zero-order valence-electron chi connectivity index (χ0n) is 9.90. The van der Waals surface area contributed by atoms with Gasteiger partial charge in [0.25, 0.3) is 0 Å². The Balaban J connectivity index is 0.000000531. The first-order valence-corrected chi connectivity index (χ1v) is 5.75. The van der Waals surface area contributed by atoms with Crippen LogP contribution in [0, 0.1) is 0 Å². The van der Waals surface area contributed by atoms with Crippen molar-refractivity contribution < 1.29 is 5.11 Å². The van der Waals surface area contributed by atoms with Gasteiger partial charge in [0, 0.05) is 13.1 Å². The molecule has 84 valence electrons. The van der Waals surface area contributed by atoms with Crippen LogP contribution in [0.4, 0.5) is 0 Å². The molecule has 1 saturated heterocycles. The second-order valence-electron chi connectivity index (χ2n) is 3.70. The molecule has 1 aromatic rings. The molecule has 2 nitrogen and oxygen atoms in total. The molecule has 2 rings (SSSR count). The summed E-state index contributed by atoms with van der Waals surface area (Å²) in [6.45, 7) is 8.68. The van der Waals surface area contributed by atoms with Crippen molar-refractivity contribution in [1.82, 2.24) is 4.90 Å². The third-order valence-corrected chi connectivity index (χ3v) is 2.73. The number of aliphatic hydroxyl groups is 1. The average Bonchev–Trinajstić information content (AvgIpc) is 2.28. The minimum absolute atomic E-state index is 0.586. The van der Waals surface area contributed by atoms with E-state index in [0.717, 1.165) is 25.2 Å². The van der Waals surface area contributed by atoms with Crippen LogP contribution in [0.1, 0.15) is 26.3 Å². The lowest BCUT2D eigenvalue weighted by Gasteiger charge is -2.46. The molecule has 0 amide bonds. The van der Waals surface area contributed by atoms with Gasteiger partial charge >= 0.3 is 0 Å². The normalized spacial score (nSPS) is 18.7. The lowest BCUT2D eigenvalue weighted by molar-refractivity contribution is -0.101. The van der Waals surface area contributed by atoms with Crippen LogP contribution in [0.5, 0.6) is 0 Å². The van der Waals surface area contributed by atoms with Crippen molar-refractivity contribution in [1.29, 1.82) is 0 Å². The number of rotatable bonds is 2. The molecule has 2 heteroatoms. The van der Waals surface area contributed by atoms with Gasteiger partial charge in [-0.2, -0.15) is 0 Å². The first-order valence-electron chi connectivity index (χ1n) is 5.75. The molecule has 0 radical (unpaired) electrons. The van der Waals surface area contributed by atoms with Gasteiger partial charge in [0.05, 0.1) is 0 Å². The number of benzene rings is 1. The lowest BCUT2D eigenvalue weighted by Crippen LogP contribution is -2.58. The maximum atomic E-state index is 10.1. The van der Waals surface area contributed by atoms with Gasteiger partial charge in [0.15, 0.2) is 0 Å². The van der Waals surface area contributed by atoms with E-state index < -0.39 is 5.60 Å². The summed E-state index contributed by atoms with van der Waals surface area (Å²) in [6.07, 6.45) is 0. The summed E-state index contributed by atoms with van der Waals surface area (Å²) >= 11 is 0. The standard InChI is InChI=1S/C11H15NO.C2H6/c1-2-12-8-11(13,9-12)10-6-4-3-5-7-10;1-2/h3-7,13H,2,8-9H2,1H3;1-2H3. The van der Waals surface area contributed by atoms with Crippen LogP contribution in [0.3, 0.4) is 0 Å². The fourth-order valence-electron chi connectivity index (χ4n) is 1.85. The SMILES string of the molecule is CC.CCN1CC(O)(c2ccccc2)C1. The first kappa shape index (κ1) is 12.2. The van der Waals surface area contributed by atoms with Crippen LogP contribution >= 0.6 is 0 Å². The third kappa shape index (κ3) is 2.58. The molecule has 1 aliphatic rings. The van der Waals surface area contributed by atoms with Crippen molar-refractivity contribution in [2.45, 2.75) is 26.4 Å². The highest BCUT2D eigenvalue weighted by Gasteiger charge is 2.41. The van der Waals surface area contributed by atoms with E-state index in [1.807, 2.05) is 44.2 Å². The highest BCUT2D eigenvalue weighted by molar-refractivity contribution is 5.25. The van der Waals surface area contributed by atoms with E-state index in [0.29, 0.717) is 0 Å². The summed E-state index contributed by atoms with van der Waals surface area (Å²) < 4.78 is 0. The van der Waals surface area contributed by atoms with E-state index in [1.165, 1.54) is 0 Å². The number of hydrogen-bond acceptors (Lipinski definition) is 2. The molecule has 0 bridgehead atoms. The van der Waals surface area contributed by atoms with Crippen LogP contribution in [0.25, 0.3) is 0 Å². The van der Waals surface area contributed by atoms with Gasteiger partial charge in [-0.3, -0.25) is 4.90 Å². The Labute approximate surface area is 92.5 Å². The Morgan fingerprint density at radius 3 is 2.20 bits per heavy atom. The van der Waals surface area contributed by atoms with Crippen LogP contribution in [0.15, 0.2) is 30.3 Å². The van der Waals surface area contributed by atoms with Crippen molar-refractivity contribution in [2.24, 2.45) is 0 Å². The van der Waals surface area contributed by atoms with Crippen LogP contribution in [-0.2, 0) is 5.60 Å².